The van der Waals surface area contributed by atoms with Gasteiger partial charge in [0, 0.05) is 6.04 Å². The fourth-order valence-electron chi connectivity index (χ4n) is 1.72. The zero-order chi connectivity index (χ0) is 13.5. The molecule has 0 aliphatic carbocycles. The Morgan fingerprint density at radius 3 is 2.67 bits per heavy atom. The molecule has 0 heterocycles. The summed E-state index contributed by atoms with van der Waals surface area (Å²) in [4.78, 5) is 0. The van der Waals surface area contributed by atoms with Gasteiger partial charge in [0.1, 0.15) is 6.61 Å². The summed E-state index contributed by atoms with van der Waals surface area (Å²) >= 11 is 0. The van der Waals surface area contributed by atoms with E-state index in [-0.39, 0.29) is 11.9 Å². The van der Waals surface area contributed by atoms with Gasteiger partial charge in [-0.3, -0.25) is 0 Å². The van der Waals surface area contributed by atoms with E-state index in [0.717, 1.165) is 18.5 Å². The lowest BCUT2D eigenvalue weighted by Gasteiger charge is -2.22. The van der Waals surface area contributed by atoms with E-state index >= 15 is 0 Å². The van der Waals surface area contributed by atoms with Crippen molar-refractivity contribution in [3.05, 3.63) is 29.6 Å². The predicted molar refractivity (Wildman–Crippen MR) is 73.6 cm³/mol. The minimum absolute atomic E-state index is 0.255. The van der Waals surface area contributed by atoms with Crippen molar-refractivity contribution >= 4 is 0 Å². The molecular formula is C15H24FNO. The lowest BCUT2D eigenvalue weighted by Crippen LogP contribution is -2.39. The fourth-order valence-corrected chi connectivity index (χ4v) is 1.72. The molecule has 0 spiro atoms. The molecule has 0 radical (unpaired) electrons. The lowest BCUT2D eigenvalue weighted by molar-refractivity contribution is 0.223. The molecule has 0 saturated carbocycles. The van der Waals surface area contributed by atoms with Crippen molar-refractivity contribution in [2.75, 3.05) is 13.2 Å². The van der Waals surface area contributed by atoms with Gasteiger partial charge in [-0.25, -0.2) is 4.39 Å². The van der Waals surface area contributed by atoms with E-state index < -0.39 is 0 Å². The van der Waals surface area contributed by atoms with Crippen molar-refractivity contribution in [3.63, 3.8) is 0 Å². The second-order valence-corrected chi connectivity index (χ2v) is 5.05. The molecule has 3 heteroatoms. The van der Waals surface area contributed by atoms with E-state index in [9.17, 15) is 4.39 Å². The third-order valence-electron chi connectivity index (χ3n) is 2.97. The van der Waals surface area contributed by atoms with Gasteiger partial charge in [0.15, 0.2) is 11.6 Å². The molecule has 1 rings (SSSR count). The Morgan fingerprint density at radius 2 is 2.06 bits per heavy atom. The third kappa shape index (κ3) is 4.65. The minimum atomic E-state index is -0.293. The molecule has 0 aromatic heterocycles. The van der Waals surface area contributed by atoms with Crippen LogP contribution in [0, 0.1) is 18.7 Å². The Bertz CT molecular complexity index is 366. The number of hydrogen-bond acceptors (Lipinski definition) is 2. The van der Waals surface area contributed by atoms with Crippen LogP contribution in [0.2, 0.25) is 0 Å². The highest BCUT2D eigenvalue weighted by Gasteiger charge is 2.14. The maximum absolute atomic E-state index is 13.5. The molecule has 1 aromatic carbocycles. The van der Waals surface area contributed by atoms with E-state index in [2.05, 4.69) is 26.1 Å². The second kappa shape index (κ2) is 7.37. The summed E-state index contributed by atoms with van der Waals surface area (Å²) in [5.41, 5.74) is 1.01. The van der Waals surface area contributed by atoms with Crippen LogP contribution in [0.1, 0.15) is 32.8 Å². The molecule has 1 aromatic rings. The van der Waals surface area contributed by atoms with E-state index in [0.29, 0.717) is 18.3 Å². The summed E-state index contributed by atoms with van der Waals surface area (Å²) in [5.74, 6) is 0.516. The van der Waals surface area contributed by atoms with Crippen molar-refractivity contribution in [1.82, 2.24) is 5.32 Å². The highest BCUT2D eigenvalue weighted by Crippen LogP contribution is 2.19. The zero-order valence-electron chi connectivity index (χ0n) is 11.8. The van der Waals surface area contributed by atoms with Gasteiger partial charge in [-0.2, -0.15) is 0 Å². The first-order valence-corrected chi connectivity index (χ1v) is 6.67. The quantitative estimate of drug-likeness (QED) is 0.802. The Labute approximate surface area is 110 Å². The first-order valence-electron chi connectivity index (χ1n) is 6.67. The molecule has 0 bridgehead atoms. The average Bonchev–Trinajstić information content (AvgIpc) is 2.33. The first kappa shape index (κ1) is 15.0. The number of ether oxygens (including phenoxy) is 1. The van der Waals surface area contributed by atoms with Gasteiger partial charge in [-0.05, 0) is 43.5 Å². The molecule has 2 nitrogen and oxygen atoms in total. The second-order valence-electron chi connectivity index (χ2n) is 5.05. The molecule has 1 unspecified atom stereocenters. The van der Waals surface area contributed by atoms with Crippen molar-refractivity contribution in [2.45, 2.75) is 40.2 Å². The highest BCUT2D eigenvalue weighted by molar-refractivity contribution is 5.29. The van der Waals surface area contributed by atoms with Gasteiger partial charge in [-0.1, -0.05) is 26.8 Å². The van der Waals surface area contributed by atoms with Crippen molar-refractivity contribution in [3.8, 4) is 5.75 Å². The van der Waals surface area contributed by atoms with Crippen LogP contribution >= 0.6 is 0 Å². The summed E-state index contributed by atoms with van der Waals surface area (Å²) in [5, 5.41) is 3.43. The number of hydrogen-bond donors (Lipinski definition) is 1. The van der Waals surface area contributed by atoms with Gasteiger partial charge < -0.3 is 10.1 Å². The van der Waals surface area contributed by atoms with Crippen LogP contribution in [0.15, 0.2) is 18.2 Å². The Balaban J connectivity index is 2.58. The summed E-state index contributed by atoms with van der Waals surface area (Å²) < 4.78 is 19.1. The topological polar surface area (TPSA) is 21.3 Å². The summed E-state index contributed by atoms with van der Waals surface area (Å²) in [6, 6.07) is 5.20. The highest BCUT2D eigenvalue weighted by atomic mass is 19.1. The van der Waals surface area contributed by atoms with Gasteiger partial charge in [0.25, 0.3) is 0 Å². The Hall–Kier alpha value is -1.09. The largest absolute Gasteiger partial charge is 0.489 e. The molecular weight excluding hydrogens is 229 g/mol. The zero-order valence-corrected chi connectivity index (χ0v) is 11.8. The van der Waals surface area contributed by atoms with Crippen LogP contribution in [0.5, 0.6) is 5.75 Å². The normalized spacial score (nSPS) is 12.8. The van der Waals surface area contributed by atoms with Gasteiger partial charge in [-0.15, -0.1) is 0 Å². The first-order chi connectivity index (χ1) is 8.54. The molecule has 0 aliphatic heterocycles. The number of halogens is 1. The van der Waals surface area contributed by atoms with Gasteiger partial charge >= 0.3 is 0 Å². The molecule has 1 N–H and O–H groups in total. The minimum Gasteiger partial charge on any atom is -0.489 e. The predicted octanol–water partition coefficient (Wildman–Crippen LogP) is 3.54. The molecule has 0 saturated heterocycles. The van der Waals surface area contributed by atoms with Gasteiger partial charge in [0.05, 0.1) is 0 Å². The number of rotatable bonds is 7. The Kier molecular flexibility index (Phi) is 6.13. The number of benzene rings is 1. The van der Waals surface area contributed by atoms with Crippen LogP contribution in [-0.4, -0.2) is 19.2 Å². The molecule has 0 aliphatic rings. The van der Waals surface area contributed by atoms with Crippen molar-refractivity contribution in [2.24, 2.45) is 5.92 Å². The van der Waals surface area contributed by atoms with Crippen molar-refractivity contribution in [1.29, 1.82) is 0 Å². The number of nitrogens with one attached hydrogen (secondary N) is 1. The van der Waals surface area contributed by atoms with Crippen LogP contribution in [-0.2, 0) is 0 Å². The van der Waals surface area contributed by atoms with Gasteiger partial charge in [0.2, 0.25) is 0 Å². The van der Waals surface area contributed by atoms with Crippen LogP contribution in [0.25, 0.3) is 0 Å². The van der Waals surface area contributed by atoms with Crippen LogP contribution < -0.4 is 10.1 Å². The van der Waals surface area contributed by atoms with E-state index in [4.69, 9.17) is 4.74 Å². The van der Waals surface area contributed by atoms with E-state index in [1.54, 1.807) is 12.1 Å². The maximum Gasteiger partial charge on any atom is 0.165 e. The SMILES string of the molecule is CCCNC(COc1cc(C)ccc1F)C(C)C. The number of aryl methyl sites for hydroxylation is 1. The third-order valence-corrected chi connectivity index (χ3v) is 2.97. The van der Waals surface area contributed by atoms with E-state index in [1.165, 1.54) is 6.07 Å². The molecule has 102 valence electrons. The Morgan fingerprint density at radius 1 is 1.33 bits per heavy atom. The smallest absolute Gasteiger partial charge is 0.165 e. The van der Waals surface area contributed by atoms with Crippen LogP contribution in [0.3, 0.4) is 0 Å². The molecule has 0 amide bonds. The van der Waals surface area contributed by atoms with Crippen LogP contribution in [0.4, 0.5) is 4.39 Å². The molecule has 1 atom stereocenters. The maximum atomic E-state index is 13.5. The fraction of sp³-hybridized carbons (Fsp3) is 0.600. The van der Waals surface area contributed by atoms with Crippen molar-refractivity contribution < 1.29 is 9.13 Å². The standard InChI is InChI=1S/C15H24FNO/c1-5-8-17-14(11(2)3)10-18-15-9-12(4)6-7-13(15)16/h6-7,9,11,14,17H,5,8,10H2,1-4H3. The molecule has 18 heavy (non-hydrogen) atoms. The van der Waals surface area contributed by atoms with E-state index in [1.807, 2.05) is 6.92 Å². The summed E-state index contributed by atoms with van der Waals surface area (Å²) in [7, 11) is 0. The summed E-state index contributed by atoms with van der Waals surface area (Å²) in [6.07, 6.45) is 1.09. The average molecular weight is 253 g/mol. The summed E-state index contributed by atoms with van der Waals surface area (Å²) in [6.45, 7) is 9.81. The lowest BCUT2D eigenvalue weighted by atomic mass is 10.1. The molecule has 0 fully saturated rings. The monoisotopic (exact) mass is 253 g/mol.